The summed E-state index contributed by atoms with van der Waals surface area (Å²) in [6.45, 7) is 10.7. The molecule has 1 N–H and O–H groups in total. The van der Waals surface area contributed by atoms with Crippen LogP contribution in [0.5, 0.6) is 11.5 Å². The van der Waals surface area contributed by atoms with Crippen LogP contribution in [-0.2, 0) is 5.79 Å². The molecule has 2 aromatic carbocycles. The van der Waals surface area contributed by atoms with Crippen molar-refractivity contribution in [3.8, 4) is 11.5 Å². The molecule has 4 nitrogen and oxygen atoms in total. The highest BCUT2D eigenvalue weighted by Crippen LogP contribution is 2.49. The Hall–Kier alpha value is -2.58. The van der Waals surface area contributed by atoms with Crippen LogP contribution in [0.3, 0.4) is 0 Å². The van der Waals surface area contributed by atoms with Gasteiger partial charge in [-0.25, -0.2) is 9.24 Å². The summed E-state index contributed by atoms with van der Waals surface area (Å²) in [6, 6.07) is 10.3. The number of piperidine rings is 1. The number of nitrogens with one attached hydrogen (secondary N) is 1. The summed E-state index contributed by atoms with van der Waals surface area (Å²) >= 11 is 0. The van der Waals surface area contributed by atoms with Crippen molar-refractivity contribution in [2.45, 2.75) is 31.5 Å². The maximum atomic E-state index is 14.5. The predicted molar refractivity (Wildman–Crippen MR) is 92.6 cm³/mol. The summed E-state index contributed by atoms with van der Waals surface area (Å²) in [4.78, 5) is 3.26. The molecule has 1 saturated heterocycles. The number of fused-ring (bicyclic) bond motifs is 1. The Bertz CT molecular complexity index is 855. The molecule has 128 valence electrons. The minimum atomic E-state index is -1.23. The van der Waals surface area contributed by atoms with Crippen LogP contribution in [0.4, 0.5) is 10.1 Å². The SMILES string of the molecule is [C-]#[N+]c1ccc(C2(C)Oc3cccc(C4CCNCC4)c3O2)c(F)c1. The monoisotopic (exact) mass is 338 g/mol. The Morgan fingerprint density at radius 2 is 2.00 bits per heavy atom. The van der Waals surface area contributed by atoms with Gasteiger partial charge in [-0.05, 0) is 44.0 Å². The van der Waals surface area contributed by atoms with Crippen LogP contribution < -0.4 is 14.8 Å². The molecule has 2 aliphatic heterocycles. The number of ether oxygens (including phenoxy) is 2. The van der Waals surface area contributed by atoms with E-state index in [1.165, 1.54) is 6.07 Å². The lowest BCUT2D eigenvalue weighted by atomic mass is 9.89. The van der Waals surface area contributed by atoms with Crippen molar-refractivity contribution in [3.63, 3.8) is 0 Å². The molecule has 2 aliphatic rings. The van der Waals surface area contributed by atoms with E-state index in [1.807, 2.05) is 12.1 Å². The molecule has 2 heterocycles. The van der Waals surface area contributed by atoms with Crippen molar-refractivity contribution in [1.29, 1.82) is 0 Å². The Morgan fingerprint density at radius 1 is 1.20 bits per heavy atom. The molecule has 4 rings (SSSR count). The van der Waals surface area contributed by atoms with Crippen LogP contribution in [-0.4, -0.2) is 13.1 Å². The molecule has 25 heavy (non-hydrogen) atoms. The Kier molecular flexibility index (Phi) is 3.85. The fourth-order valence-corrected chi connectivity index (χ4v) is 3.65. The van der Waals surface area contributed by atoms with Crippen LogP contribution in [0, 0.1) is 12.4 Å². The minimum Gasteiger partial charge on any atom is -0.444 e. The Balaban J connectivity index is 1.70. The molecule has 5 heteroatoms. The average Bonchev–Trinajstić information content (AvgIpc) is 2.99. The molecule has 1 unspecified atom stereocenters. The summed E-state index contributed by atoms with van der Waals surface area (Å²) < 4.78 is 26.7. The Morgan fingerprint density at radius 3 is 2.72 bits per heavy atom. The van der Waals surface area contributed by atoms with Gasteiger partial charge in [-0.3, -0.25) is 0 Å². The summed E-state index contributed by atoms with van der Waals surface area (Å²) in [6.07, 6.45) is 2.09. The highest BCUT2D eigenvalue weighted by Gasteiger charge is 2.42. The third kappa shape index (κ3) is 2.73. The van der Waals surface area contributed by atoms with E-state index in [9.17, 15) is 4.39 Å². The molecule has 0 amide bonds. The zero-order valence-electron chi connectivity index (χ0n) is 14.0. The molecule has 0 bridgehead atoms. The molecular formula is C20H19FN2O2. The van der Waals surface area contributed by atoms with Crippen molar-refractivity contribution < 1.29 is 13.9 Å². The first-order valence-electron chi connectivity index (χ1n) is 8.50. The molecule has 1 atom stereocenters. The van der Waals surface area contributed by atoms with Crippen molar-refractivity contribution >= 4 is 5.69 Å². The summed E-state index contributed by atoms with van der Waals surface area (Å²) in [5, 5.41) is 3.37. The van der Waals surface area contributed by atoms with Gasteiger partial charge in [-0.15, -0.1) is 0 Å². The van der Waals surface area contributed by atoms with E-state index < -0.39 is 11.6 Å². The van der Waals surface area contributed by atoms with E-state index in [1.54, 1.807) is 19.1 Å². The number of rotatable bonds is 2. The number of hydrogen-bond acceptors (Lipinski definition) is 3. The van der Waals surface area contributed by atoms with E-state index in [4.69, 9.17) is 16.0 Å². The molecule has 0 radical (unpaired) electrons. The lowest BCUT2D eigenvalue weighted by Crippen LogP contribution is -2.33. The van der Waals surface area contributed by atoms with E-state index in [0.717, 1.165) is 31.5 Å². The fraction of sp³-hybridized carbons (Fsp3) is 0.350. The highest BCUT2D eigenvalue weighted by atomic mass is 19.1. The van der Waals surface area contributed by atoms with Crippen molar-refractivity contribution in [2.24, 2.45) is 0 Å². The molecule has 0 aromatic heterocycles. The largest absolute Gasteiger partial charge is 0.444 e. The maximum absolute atomic E-state index is 14.5. The van der Waals surface area contributed by atoms with Crippen LogP contribution >= 0.6 is 0 Å². The highest BCUT2D eigenvalue weighted by molar-refractivity contribution is 5.53. The number of hydrogen-bond donors (Lipinski definition) is 1. The summed E-state index contributed by atoms with van der Waals surface area (Å²) in [5.74, 6) is 0.0529. The third-order valence-electron chi connectivity index (χ3n) is 4.96. The van der Waals surface area contributed by atoms with Crippen LogP contribution in [0.2, 0.25) is 0 Å². The van der Waals surface area contributed by atoms with Gasteiger partial charge in [0.2, 0.25) is 0 Å². The van der Waals surface area contributed by atoms with Gasteiger partial charge in [0, 0.05) is 12.5 Å². The first-order valence-corrected chi connectivity index (χ1v) is 8.50. The number of benzene rings is 2. The van der Waals surface area contributed by atoms with Gasteiger partial charge >= 0.3 is 0 Å². The average molecular weight is 338 g/mol. The van der Waals surface area contributed by atoms with Gasteiger partial charge in [0.15, 0.2) is 17.2 Å². The topological polar surface area (TPSA) is 34.8 Å². The van der Waals surface area contributed by atoms with Gasteiger partial charge in [-0.1, -0.05) is 24.3 Å². The summed E-state index contributed by atoms with van der Waals surface area (Å²) in [7, 11) is 0. The minimum absolute atomic E-state index is 0.260. The van der Waals surface area contributed by atoms with E-state index in [2.05, 4.69) is 16.2 Å². The van der Waals surface area contributed by atoms with Crippen LogP contribution in [0.25, 0.3) is 4.85 Å². The predicted octanol–water partition coefficient (Wildman–Crippen LogP) is 4.49. The maximum Gasteiger partial charge on any atom is 0.278 e. The summed E-state index contributed by atoms with van der Waals surface area (Å²) in [5.41, 5.74) is 1.68. The van der Waals surface area contributed by atoms with Crippen LogP contribution in [0.1, 0.15) is 36.8 Å². The smallest absolute Gasteiger partial charge is 0.278 e. The molecular weight excluding hydrogens is 319 g/mol. The zero-order chi connectivity index (χ0) is 17.4. The van der Waals surface area contributed by atoms with Gasteiger partial charge in [-0.2, -0.15) is 0 Å². The molecule has 0 saturated carbocycles. The van der Waals surface area contributed by atoms with Crippen LogP contribution in [0.15, 0.2) is 36.4 Å². The van der Waals surface area contributed by atoms with E-state index in [0.29, 0.717) is 23.0 Å². The Labute approximate surface area is 146 Å². The van der Waals surface area contributed by atoms with Gasteiger partial charge in [0.25, 0.3) is 5.79 Å². The number of nitrogens with zero attached hydrogens (tertiary/aromatic N) is 1. The standard InChI is InChI=1S/C20H19FN2O2/c1-20(16-7-6-14(22-2)12-17(16)21)24-18-5-3-4-15(19(18)25-20)13-8-10-23-11-9-13/h3-7,12-13,23H,8-11H2,1H3. The third-order valence-corrected chi connectivity index (χ3v) is 4.96. The number of para-hydroxylation sites is 1. The normalized spacial score (nSPS) is 22.6. The van der Waals surface area contributed by atoms with Crippen molar-refractivity contribution in [2.75, 3.05) is 13.1 Å². The van der Waals surface area contributed by atoms with Gasteiger partial charge in [0.1, 0.15) is 5.82 Å². The zero-order valence-corrected chi connectivity index (χ0v) is 14.0. The van der Waals surface area contributed by atoms with E-state index >= 15 is 0 Å². The second kappa shape index (κ2) is 6.05. The number of halogens is 1. The lowest BCUT2D eigenvalue weighted by Gasteiger charge is -2.26. The van der Waals surface area contributed by atoms with E-state index in [-0.39, 0.29) is 5.69 Å². The molecule has 0 aliphatic carbocycles. The van der Waals surface area contributed by atoms with Crippen molar-refractivity contribution in [3.05, 3.63) is 64.8 Å². The first kappa shape index (κ1) is 15.9. The van der Waals surface area contributed by atoms with Crippen molar-refractivity contribution in [1.82, 2.24) is 5.32 Å². The fourth-order valence-electron chi connectivity index (χ4n) is 3.65. The quantitative estimate of drug-likeness (QED) is 0.820. The molecule has 2 aromatic rings. The van der Waals surface area contributed by atoms with Gasteiger partial charge in [0.05, 0.1) is 12.1 Å². The first-order chi connectivity index (χ1) is 12.1. The second-order valence-corrected chi connectivity index (χ2v) is 6.62. The lowest BCUT2D eigenvalue weighted by molar-refractivity contribution is -0.0711. The molecule has 1 fully saturated rings. The molecule has 0 spiro atoms. The second-order valence-electron chi connectivity index (χ2n) is 6.62. The van der Waals surface area contributed by atoms with Gasteiger partial charge < -0.3 is 14.8 Å².